The molecule has 1 aliphatic heterocycles. The summed E-state index contributed by atoms with van der Waals surface area (Å²) in [6, 6.07) is 4.60. The van der Waals surface area contributed by atoms with Crippen LogP contribution in [0.15, 0.2) is 35.3 Å². The molecule has 3 heterocycles. The molecule has 1 unspecified atom stereocenters. The van der Waals surface area contributed by atoms with Crippen molar-refractivity contribution in [2.45, 2.75) is 12.5 Å². The lowest BCUT2D eigenvalue weighted by atomic mass is 10.1. The zero-order valence-corrected chi connectivity index (χ0v) is 10.6. The molecule has 2 aromatic heterocycles. The van der Waals surface area contributed by atoms with Crippen molar-refractivity contribution in [2.24, 2.45) is 0 Å². The van der Waals surface area contributed by atoms with Crippen LogP contribution < -0.4 is 10.2 Å². The van der Waals surface area contributed by atoms with E-state index in [-0.39, 0.29) is 0 Å². The maximum Gasteiger partial charge on any atom is 0.0709 e. The molecule has 0 aromatic carbocycles. The third-order valence-corrected chi connectivity index (χ3v) is 3.84. The minimum Gasteiger partial charge on any atom is -0.378 e. The first-order valence-corrected chi connectivity index (χ1v) is 6.70. The van der Waals surface area contributed by atoms with Crippen molar-refractivity contribution in [3.8, 4) is 0 Å². The quantitative estimate of drug-likeness (QED) is 0.881. The molecule has 0 amide bonds. The number of hydrogen-bond donors (Lipinski definition) is 1. The van der Waals surface area contributed by atoms with E-state index >= 15 is 0 Å². The van der Waals surface area contributed by atoms with Crippen LogP contribution in [0.5, 0.6) is 0 Å². The Balaban J connectivity index is 1.76. The van der Waals surface area contributed by atoms with E-state index in [0.29, 0.717) is 6.04 Å². The number of thiophene rings is 1. The molecule has 4 heteroatoms. The zero-order chi connectivity index (χ0) is 11.7. The van der Waals surface area contributed by atoms with Crippen LogP contribution in [0.25, 0.3) is 0 Å². The Kier molecular flexibility index (Phi) is 2.73. The van der Waals surface area contributed by atoms with Crippen molar-refractivity contribution < 1.29 is 0 Å². The van der Waals surface area contributed by atoms with Crippen LogP contribution in [-0.4, -0.2) is 24.6 Å². The molecule has 1 atom stereocenters. The van der Waals surface area contributed by atoms with E-state index in [9.17, 15) is 0 Å². The van der Waals surface area contributed by atoms with E-state index in [0.717, 1.165) is 13.0 Å². The Bertz CT molecular complexity index is 494. The third kappa shape index (κ3) is 2.13. The third-order valence-electron chi connectivity index (χ3n) is 3.11. The van der Waals surface area contributed by atoms with Gasteiger partial charge in [0.15, 0.2) is 0 Å². The van der Waals surface area contributed by atoms with E-state index in [1.807, 2.05) is 18.5 Å². The van der Waals surface area contributed by atoms with E-state index in [2.05, 4.69) is 39.1 Å². The summed E-state index contributed by atoms with van der Waals surface area (Å²) in [6.45, 7) is 1.04. The number of hydrogen-bond acceptors (Lipinski definition) is 4. The molecule has 88 valence electrons. The minimum absolute atomic E-state index is 0.464. The second-order valence-corrected chi connectivity index (χ2v) is 5.20. The number of aromatic nitrogens is 1. The second-order valence-electron chi connectivity index (χ2n) is 4.46. The largest absolute Gasteiger partial charge is 0.378 e. The molecular weight excluding hydrogens is 230 g/mol. The summed E-state index contributed by atoms with van der Waals surface area (Å²) in [5.41, 5.74) is 3.87. The van der Waals surface area contributed by atoms with Gasteiger partial charge in [-0.15, -0.1) is 11.3 Å². The summed E-state index contributed by atoms with van der Waals surface area (Å²) in [5.74, 6) is 0. The van der Waals surface area contributed by atoms with Crippen molar-refractivity contribution in [3.05, 3.63) is 40.8 Å². The van der Waals surface area contributed by atoms with Crippen molar-refractivity contribution >= 4 is 22.7 Å². The summed E-state index contributed by atoms with van der Waals surface area (Å²) in [5, 5.41) is 7.98. The Morgan fingerprint density at radius 2 is 2.47 bits per heavy atom. The molecule has 0 spiro atoms. The lowest BCUT2D eigenvalue weighted by Crippen LogP contribution is -2.40. The van der Waals surface area contributed by atoms with Crippen LogP contribution in [0, 0.1) is 0 Å². The van der Waals surface area contributed by atoms with E-state index in [1.54, 1.807) is 11.3 Å². The number of rotatable bonds is 2. The predicted molar refractivity (Wildman–Crippen MR) is 72.9 cm³/mol. The smallest absolute Gasteiger partial charge is 0.0709 e. The number of pyridine rings is 1. The summed E-state index contributed by atoms with van der Waals surface area (Å²) in [6.07, 6.45) is 4.79. The topological polar surface area (TPSA) is 28.2 Å². The van der Waals surface area contributed by atoms with Gasteiger partial charge in [0, 0.05) is 42.8 Å². The van der Waals surface area contributed by atoms with Gasteiger partial charge in [-0.2, -0.15) is 0 Å². The fourth-order valence-corrected chi connectivity index (χ4v) is 3.14. The first-order chi connectivity index (χ1) is 8.33. The Morgan fingerprint density at radius 3 is 3.29 bits per heavy atom. The van der Waals surface area contributed by atoms with Crippen molar-refractivity contribution in [2.75, 3.05) is 23.8 Å². The number of likely N-dealkylation sites (N-methyl/N-ethyl adjacent to an activating group) is 1. The van der Waals surface area contributed by atoms with Gasteiger partial charge in [-0.1, -0.05) is 6.07 Å². The van der Waals surface area contributed by atoms with Gasteiger partial charge in [0.05, 0.1) is 11.4 Å². The predicted octanol–water partition coefficient (Wildman–Crippen LogP) is 2.62. The highest BCUT2D eigenvalue weighted by atomic mass is 32.1. The maximum atomic E-state index is 4.16. The lowest BCUT2D eigenvalue weighted by Gasteiger charge is -2.33. The minimum atomic E-state index is 0.464. The van der Waals surface area contributed by atoms with Gasteiger partial charge in [0.1, 0.15) is 0 Å². The Morgan fingerprint density at radius 1 is 1.53 bits per heavy atom. The fraction of sp³-hybridized carbons (Fsp3) is 0.308. The molecular formula is C13H15N3S. The summed E-state index contributed by atoms with van der Waals surface area (Å²) >= 11 is 1.75. The zero-order valence-electron chi connectivity index (χ0n) is 9.76. The normalized spacial score (nSPS) is 18.6. The van der Waals surface area contributed by atoms with Gasteiger partial charge < -0.3 is 10.2 Å². The van der Waals surface area contributed by atoms with Gasteiger partial charge >= 0.3 is 0 Å². The number of fused-ring (bicyclic) bond motifs is 1. The molecule has 17 heavy (non-hydrogen) atoms. The van der Waals surface area contributed by atoms with Crippen molar-refractivity contribution in [1.29, 1.82) is 0 Å². The summed E-state index contributed by atoms with van der Waals surface area (Å²) in [7, 11) is 2.16. The molecule has 0 radical (unpaired) electrons. The van der Waals surface area contributed by atoms with Crippen LogP contribution in [0.2, 0.25) is 0 Å². The molecule has 1 N–H and O–H groups in total. The SMILES string of the molecule is CN1CC(Cc2cccnc2)Nc2cscc21. The molecule has 0 bridgehead atoms. The van der Waals surface area contributed by atoms with Gasteiger partial charge in [0.25, 0.3) is 0 Å². The first kappa shape index (κ1) is 10.6. The van der Waals surface area contributed by atoms with Gasteiger partial charge in [-0.05, 0) is 18.1 Å². The van der Waals surface area contributed by atoms with E-state index in [1.165, 1.54) is 16.9 Å². The van der Waals surface area contributed by atoms with Gasteiger partial charge in [0.2, 0.25) is 0 Å². The van der Waals surface area contributed by atoms with Crippen molar-refractivity contribution in [1.82, 2.24) is 4.98 Å². The van der Waals surface area contributed by atoms with Crippen LogP contribution in [0.4, 0.5) is 11.4 Å². The average Bonchev–Trinajstić information content (AvgIpc) is 2.79. The Hall–Kier alpha value is -1.55. The van der Waals surface area contributed by atoms with Gasteiger partial charge in [-0.25, -0.2) is 0 Å². The highest BCUT2D eigenvalue weighted by molar-refractivity contribution is 7.09. The van der Waals surface area contributed by atoms with Crippen LogP contribution in [0.1, 0.15) is 5.56 Å². The van der Waals surface area contributed by atoms with Crippen LogP contribution in [-0.2, 0) is 6.42 Å². The highest BCUT2D eigenvalue weighted by Gasteiger charge is 2.21. The molecule has 0 fully saturated rings. The molecule has 1 aliphatic rings. The molecule has 2 aromatic rings. The number of nitrogens with one attached hydrogen (secondary N) is 1. The number of anilines is 2. The Labute approximate surface area is 105 Å². The first-order valence-electron chi connectivity index (χ1n) is 5.75. The van der Waals surface area contributed by atoms with Crippen molar-refractivity contribution in [3.63, 3.8) is 0 Å². The number of nitrogens with zero attached hydrogens (tertiary/aromatic N) is 2. The lowest BCUT2D eigenvalue weighted by molar-refractivity contribution is 0.678. The maximum absolute atomic E-state index is 4.16. The molecule has 3 nitrogen and oxygen atoms in total. The van der Waals surface area contributed by atoms with Crippen LogP contribution in [0.3, 0.4) is 0 Å². The van der Waals surface area contributed by atoms with E-state index in [4.69, 9.17) is 0 Å². The molecule has 0 saturated carbocycles. The average molecular weight is 245 g/mol. The summed E-state index contributed by atoms with van der Waals surface area (Å²) in [4.78, 5) is 6.49. The standard InChI is InChI=1S/C13H15N3S/c1-16-7-11(5-10-3-2-4-14-6-10)15-12-8-17-9-13(12)16/h2-4,6,8-9,11,15H,5,7H2,1H3. The molecule has 3 rings (SSSR count). The molecule has 0 saturated heterocycles. The monoisotopic (exact) mass is 245 g/mol. The van der Waals surface area contributed by atoms with Crippen LogP contribution >= 0.6 is 11.3 Å². The highest BCUT2D eigenvalue weighted by Crippen LogP contribution is 2.33. The second kappa shape index (κ2) is 4.37. The fourth-order valence-electron chi connectivity index (χ4n) is 2.31. The van der Waals surface area contributed by atoms with Gasteiger partial charge in [-0.3, -0.25) is 4.98 Å². The molecule has 0 aliphatic carbocycles. The van der Waals surface area contributed by atoms with E-state index < -0.39 is 0 Å². The summed E-state index contributed by atoms with van der Waals surface area (Å²) < 4.78 is 0.